The molecule has 2 aromatic heterocycles. The van der Waals surface area contributed by atoms with Crippen molar-refractivity contribution in [2.24, 2.45) is 13.0 Å². The Morgan fingerprint density at radius 1 is 1.29 bits per heavy atom. The molecule has 0 radical (unpaired) electrons. The highest BCUT2D eigenvalue weighted by Gasteiger charge is 2.22. The van der Waals surface area contributed by atoms with E-state index in [0.717, 1.165) is 48.9 Å². The van der Waals surface area contributed by atoms with Crippen molar-refractivity contribution in [2.45, 2.75) is 26.2 Å². The van der Waals surface area contributed by atoms with Gasteiger partial charge in [0.2, 0.25) is 0 Å². The first-order valence-corrected chi connectivity index (χ1v) is 7.88. The molecule has 0 amide bonds. The highest BCUT2D eigenvalue weighted by Crippen LogP contribution is 2.26. The summed E-state index contributed by atoms with van der Waals surface area (Å²) in [7, 11) is 1.92. The third-order valence-corrected chi connectivity index (χ3v) is 4.28. The number of aryl methyl sites for hydroxylation is 1. The van der Waals surface area contributed by atoms with Crippen molar-refractivity contribution in [3.63, 3.8) is 0 Å². The van der Waals surface area contributed by atoms with E-state index >= 15 is 0 Å². The van der Waals surface area contributed by atoms with Crippen molar-refractivity contribution in [1.29, 1.82) is 0 Å². The Labute approximate surface area is 125 Å². The highest BCUT2D eigenvalue weighted by atomic mass is 15.3. The number of hydrogen-bond donors (Lipinski definition) is 1. The molecular formula is C15H24N6. The SMILES string of the molecule is CCCNCC1CCN(c2ncnc3c2cnn3C)CC1. The molecule has 3 rings (SSSR count). The lowest BCUT2D eigenvalue weighted by Crippen LogP contribution is -2.38. The van der Waals surface area contributed by atoms with Gasteiger partial charge in [0.05, 0.1) is 11.6 Å². The zero-order valence-corrected chi connectivity index (χ0v) is 12.9. The molecule has 3 heterocycles. The standard InChI is InChI=1S/C15H24N6/c1-3-6-16-9-12-4-7-21(8-5-12)15-13-10-19-20(2)14(13)17-11-18-15/h10-12,16H,3-9H2,1-2H3. The molecule has 0 aromatic carbocycles. The van der Waals surface area contributed by atoms with Gasteiger partial charge in [-0.15, -0.1) is 0 Å². The Balaban J connectivity index is 1.66. The van der Waals surface area contributed by atoms with Crippen LogP contribution in [0.15, 0.2) is 12.5 Å². The fourth-order valence-corrected chi connectivity index (χ4v) is 3.03. The summed E-state index contributed by atoms with van der Waals surface area (Å²) >= 11 is 0. The lowest BCUT2D eigenvalue weighted by Gasteiger charge is -2.33. The van der Waals surface area contributed by atoms with Crippen molar-refractivity contribution in [1.82, 2.24) is 25.1 Å². The van der Waals surface area contributed by atoms with Gasteiger partial charge in [0.15, 0.2) is 5.65 Å². The molecule has 0 saturated carbocycles. The first-order valence-electron chi connectivity index (χ1n) is 7.88. The van der Waals surface area contributed by atoms with Crippen LogP contribution in [0.25, 0.3) is 11.0 Å². The van der Waals surface area contributed by atoms with E-state index in [1.54, 1.807) is 6.33 Å². The smallest absolute Gasteiger partial charge is 0.163 e. The van der Waals surface area contributed by atoms with Crippen LogP contribution in [0.4, 0.5) is 5.82 Å². The molecule has 1 saturated heterocycles. The van der Waals surface area contributed by atoms with Crippen LogP contribution in [0.1, 0.15) is 26.2 Å². The lowest BCUT2D eigenvalue weighted by atomic mass is 9.96. The second kappa shape index (κ2) is 6.39. The Hall–Kier alpha value is -1.69. The minimum Gasteiger partial charge on any atom is -0.356 e. The number of nitrogens with one attached hydrogen (secondary N) is 1. The second-order valence-corrected chi connectivity index (χ2v) is 5.84. The van der Waals surface area contributed by atoms with Gasteiger partial charge in [0.1, 0.15) is 12.1 Å². The molecule has 1 aliphatic heterocycles. The van der Waals surface area contributed by atoms with E-state index in [2.05, 4.69) is 32.2 Å². The topological polar surface area (TPSA) is 58.9 Å². The fraction of sp³-hybridized carbons (Fsp3) is 0.667. The summed E-state index contributed by atoms with van der Waals surface area (Å²) < 4.78 is 1.81. The Bertz CT molecular complexity index is 585. The normalized spacial score (nSPS) is 16.8. The van der Waals surface area contributed by atoms with E-state index in [4.69, 9.17) is 0 Å². The van der Waals surface area contributed by atoms with Crippen molar-refractivity contribution in [3.05, 3.63) is 12.5 Å². The van der Waals surface area contributed by atoms with Crippen LogP contribution >= 0.6 is 0 Å². The van der Waals surface area contributed by atoms with Gasteiger partial charge in [-0.2, -0.15) is 5.10 Å². The van der Waals surface area contributed by atoms with Crippen molar-refractivity contribution in [2.75, 3.05) is 31.1 Å². The first kappa shape index (κ1) is 14.3. The molecule has 6 heteroatoms. The van der Waals surface area contributed by atoms with Gasteiger partial charge in [-0.3, -0.25) is 4.68 Å². The molecule has 6 nitrogen and oxygen atoms in total. The zero-order chi connectivity index (χ0) is 14.7. The van der Waals surface area contributed by atoms with Gasteiger partial charge >= 0.3 is 0 Å². The molecule has 0 aliphatic carbocycles. The molecule has 0 bridgehead atoms. The lowest BCUT2D eigenvalue weighted by molar-refractivity contribution is 0.382. The van der Waals surface area contributed by atoms with E-state index in [9.17, 15) is 0 Å². The van der Waals surface area contributed by atoms with E-state index < -0.39 is 0 Å². The van der Waals surface area contributed by atoms with Crippen molar-refractivity contribution >= 4 is 16.9 Å². The van der Waals surface area contributed by atoms with Crippen molar-refractivity contribution in [3.8, 4) is 0 Å². The van der Waals surface area contributed by atoms with E-state index in [1.165, 1.54) is 19.3 Å². The molecule has 1 aliphatic rings. The Morgan fingerprint density at radius 2 is 2.10 bits per heavy atom. The molecule has 1 N–H and O–H groups in total. The van der Waals surface area contributed by atoms with Gasteiger partial charge in [0.25, 0.3) is 0 Å². The summed E-state index contributed by atoms with van der Waals surface area (Å²) in [6.07, 6.45) is 7.18. The number of piperidine rings is 1. The largest absolute Gasteiger partial charge is 0.356 e. The van der Waals surface area contributed by atoms with Crippen molar-refractivity contribution < 1.29 is 0 Å². The third kappa shape index (κ3) is 3.00. The van der Waals surface area contributed by atoms with Crippen LogP contribution < -0.4 is 10.2 Å². The van der Waals surface area contributed by atoms with Crippen LogP contribution in [-0.2, 0) is 7.05 Å². The summed E-state index contributed by atoms with van der Waals surface area (Å²) in [4.78, 5) is 11.2. The minimum absolute atomic E-state index is 0.791. The van der Waals surface area contributed by atoms with Gasteiger partial charge in [-0.25, -0.2) is 9.97 Å². The monoisotopic (exact) mass is 288 g/mol. The van der Waals surface area contributed by atoms with Crippen LogP contribution in [0, 0.1) is 5.92 Å². The maximum Gasteiger partial charge on any atom is 0.163 e. The van der Waals surface area contributed by atoms with E-state index in [1.807, 2.05) is 17.9 Å². The van der Waals surface area contributed by atoms with Crippen LogP contribution in [0.3, 0.4) is 0 Å². The summed E-state index contributed by atoms with van der Waals surface area (Å²) in [5, 5.41) is 8.89. The third-order valence-electron chi connectivity index (χ3n) is 4.28. The number of nitrogens with zero attached hydrogens (tertiary/aromatic N) is 5. The number of aromatic nitrogens is 4. The molecule has 21 heavy (non-hydrogen) atoms. The van der Waals surface area contributed by atoms with Gasteiger partial charge in [-0.05, 0) is 38.3 Å². The average Bonchev–Trinajstić information content (AvgIpc) is 2.90. The summed E-state index contributed by atoms with van der Waals surface area (Å²) in [5.74, 6) is 1.83. The molecule has 114 valence electrons. The van der Waals surface area contributed by atoms with Gasteiger partial charge in [-0.1, -0.05) is 6.92 Å². The average molecular weight is 288 g/mol. The van der Waals surface area contributed by atoms with E-state index in [-0.39, 0.29) is 0 Å². The molecule has 0 spiro atoms. The zero-order valence-electron chi connectivity index (χ0n) is 12.9. The quantitative estimate of drug-likeness (QED) is 0.847. The number of fused-ring (bicyclic) bond motifs is 1. The Morgan fingerprint density at radius 3 is 2.86 bits per heavy atom. The molecule has 1 fully saturated rings. The first-order chi connectivity index (χ1) is 10.3. The highest BCUT2D eigenvalue weighted by molar-refractivity contribution is 5.86. The van der Waals surface area contributed by atoms with Crippen LogP contribution in [0.5, 0.6) is 0 Å². The van der Waals surface area contributed by atoms with E-state index in [0.29, 0.717) is 0 Å². The second-order valence-electron chi connectivity index (χ2n) is 5.84. The van der Waals surface area contributed by atoms with Crippen LogP contribution in [0.2, 0.25) is 0 Å². The summed E-state index contributed by atoms with van der Waals surface area (Å²) in [6, 6.07) is 0. The number of hydrogen-bond acceptors (Lipinski definition) is 5. The fourth-order valence-electron chi connectivity index (χ4n) is 3.03. The molecule has 2 aromatic rings. The minimum atomic E-state index is 0.791. The van der Waals surface area contributed by atoms with Crippen LogP contribution in [-0.4, -0.2) is 45.9 Å². The Kier molecular flexibility index (Phi) is 4.34. The molecule has 0 unspecified atom stereocenters. The predicted octanol–water partition coefficient (Wildman–Crippen LogP) is 1.58. The number of anilines is 1. The summed E-state index contributed by atoms with van der Waals surface area (Å²) in [6.45, 7) is 6.62. The number of rotatable bonds is 5. The molecule has 0 atom stereocenters. The summed E-state index contributed by atoms with van der Waals surface area (Å²) in [5.41, 5.74) is 0.909. The maximum absolute atomic E-state index is 4.49. The molecular weight excluding hydrogens is 264 g/mol. The maximum atomic E-state index is 4.49. The van der Waals surface area contributed by atoms with Gasteiger partial charge < -0.3 is 10.2 Å². The predicted molar refractivity (Wildman–Crippen MR) is 84.4 cm³/mol. The van der Waals surface area contributed by atoms with Gasteiger partial charge in [0, 0.05) is 20.1 Å².